The molecule has 0 bridgehead atoms. The van der Waals surface area contributed by atoms with Crippen LogP contribution in [0.3, 0.4) is 0 Å². The first-order valence-corrected chi connectivity index (χ1v) is 6.96. The average Bonchev–Trinajstić information content (AvgIpc) is 2.38. The summed E-state index contributed by atoms with van der Waals surface area (Å²) >= 11 is 21.3. The highest BCUT2D eigenvalue weighted by molar-refractivity contribution is 9.10. The summed E-state index contributed by atoms with van der Waals surface area (Å²) in [5.74, 6) is 0.794. The van der Waals surface area contributed by atoms with Crippen molar-refractivity contribution in [2.45, 2.75) is 0 Å². The number of hydrogen-bond acceptors (Lipinski definition) is 2. The van der Waals surface area contributed by atoms with Crippen LogP contribution in [0.15, 0.2) is 34.8 Å². The van der Waals surface area contributed by atoms with Crippen molar-refractivity contribution < 1.29 is 4.74 Å². The first-order chi connectivity index (χ1) is 9.01. The van der Waals surface area contributed by atoms with Crippen molar-refractivity contribution in [2.75, 3.05) is 0 Å². The normalized spacial score (nSPS) is 10.1. The molecule has 0 aromatic heterocycles. The second-order valence-corrected chi connectivity index (χ2v) is 5.63. The minimum Gasteiger partial charge on any atom is -0.454 e. The highest BCUT2D eigenvalue weighted by Gasteiger charge is 2.10. The Morgan fingerprint density at radius 1 is 0.947 bits per heavy atom. The van der Waals surface area contributed by atoms with Crippen LogP contribution in [0.5, 0.6) is 11.5 Å². The second kappa shape index (κ2) is 6.02. The Hall–Kier alpha value is -0.920. The van der Waals surface area contributed by atoms with E-state index in [0.29, 0.717) is 36.6 Å². The molecule has 19 heavy (non-hydrogen) atoms. The molecular formula is C13H5BrCl3NO. The maximum atomic E-state index is 8.76. The lowest BCUT2D eigenvalue weighted by Crippen LogP contribution is -1.88. The molecule has 0 N–H and O–H groups in total. The molecule has 2 aromatic rings. The average molecular weight is 377 g/mol. The van der Waals surface area contributed by atoms with Gasteiger partial charge in [0.15, 0.2) is 0 Å². The Morgan fingerprint density at radius 2 is 1.63 bits per heavy atom. The molecule has 0 aliphatic heterocycles. The van der Waals surface area contributed by atoms with Gasteiger partial charge in [-0.25, -0.2) is 0 Å². The zero-order chi connectivity index (χ0) is 14.0. The Balaban J connectivity index is 2.37. The second-order valence-electron chi connectivity index (χ2n) is 3.56. The number of ether oxygens (including phenoxy) is 1. The Labute approximate surface area is 133 Å². The van der Waals surface area contributed by atoms with Gasteiger partial charge in [0, 0.05) is 10.5 Å². The lowest BCUT2D eigenvalue weighted by Gasteiger charge is -2.10. The van der Waals surface area contributed by atoms with Gasteiger partial charge in [0.05, 0.1) is 26.7 Å². The molecule has 2 rings (SSSR count). The highest BCUT2D eigenvalue weighted by atomic mass is 79.9. The molecule has 0 fully saturated rings. The van der Waals surface area contributed by atoms with E-state index in [4.69, 9.17) is 44.8 Å². The third-order valence-electron chi connectivity index (χ3n) is 2.26. The van der Waals surface area contributed by atoms with E-state index in [-0.39, 0.29) is 0 Å². The van der Waals surface area contributed by atoms with Crippen molar-refractivity contribution >= 4 is 50.7 Å². The smallest absolute Gasteiger partial charge is 0.147 e. The van der Waals surface area contributed by atoms with Gasteiger partial charge in [0.25, 0.3) is 0 Å². The van der Waals surface area contributed by atoms with Gasteiger partial charge >= 0.3 is 0 Å². The Bertz CT molecular complexity index is 682. The first-order valence-electron chi connectivity index (χ1n) is 5.03. The summed E-state index contributed by atoms with van der Waals surface area (Å²) in [6, 6.07) is 9.95. The van der Waals surface area contributed by atoms with Crippen molar-refractivity contribution in [3.63, 3.8) is 0 Å². The van der Waals surface area contributed by atoms with Crippen LogP contribution in [0.2, 0.25) is 15.1 Å². The van der Waals surface area contributed by atoms with Crippen molar-refractivity contribution in [2.24, 2.45) is 0 Å². The van der Waals surface area contributed by atoms with Gasteiger partial charge in [0.1, 0.15) is 11.5 Å². The van der Waals surface area contributed by atoms with Crippen LogP contribution in [-0.2, 0) is 0 Å². The van der Waals surface area contributed by atoms with Crippen molar-refractivity contribution in [3.8, 4) is 17.6 Å². The molecule has 6 heteroatoms. The SMILES string of the molecule is N#Cc1ccc(Oc2cc(Cl)c(Br)cc2Cl)c(Cl)c1. The summed E-state index contributed by atoms with van der Waals surface area (Å²) < 4.78 is 6.27. The van der Waals surface area contributed by atoms with Crippen molar-refractivity contribution in [1.29, 1.82) is 5.26 Å². The van der Waals surface area contributed by atoms with Gasteiger partial charge in [0.2, 0.25) is 0 Å². The molecule has 0 aliphatic rings. The molecule has 0 spiro atoms. The monoisotopic (exact) mass is 375 g/mol. The largest absolute Gasteiger partial charge is 0.454 e. The van der Waals surface area contributed by atoms with Gasteiger partial charge in [-0.1, -0.05) is 34.8 Å². The minimum atomic E-state index is 0.328. The number of nitrogens with zero attached hydrogens (tertiary/aromatic N) is 1. The summed E-state index contributed by atoms with van der Waals surface area (Å²) in [4.78, 5) is 0. The molecular weight excluding hydrogens is 372 g/mol. The molecule has 0 amide bonds. The molecule has 0 aliphatic carbocycles. The van der Waals surface area contributed by atoms with Gasteiger partial charge in [-0.2, -0.15) is 5.26 Å². The van der Waals surface area contributed by atoms with Crippen molar-refractivity contribution in [3.05, 3.63) is 55.4 Å². The van der Waals surface area contributed by atoms with E-state index in [1.165, 1.54) is 6.07 Å². The van der Waals surface area contributed by atoms with Crippen LogP contribution in [0.1, 0.15) is 5.56 Å². The predicted octanol–water partition coefficient (Wildman–Crippen LogP) is 6.07. The molecule has 0 saturated carbocycles. The van der Waals surface area contributed by atoms with Gasteiger partial charge in [-0.3, -0.25) is 0 Å². The Kier molecular flexibility index (Phi) is 4.59. The predicted molar refractivity (Wildman–Crippen MR) is 80.4 cm³/mol. The minimum absolute atomic E-state index is 0.328. The molecule has 0 heterocycles. The van der Waals surface area contributed by atoms with Crippen molar-refractivity contribution in [1.82, 2.24) is 0 Å². The van der Waals surface area contributed by atoms with E-state index in [1.807, 2.05) is 6.07 Å². The summed E-state index contributed by atoms with van der Waals surface area (Å²) in [6.07, 6.45) is 0. The van der Waals surface area contributed by atoms with Crippen LogP contribution in [-0.4, -0.2) is 0 Å². The number of nitriles is 1. The molecule has 0 unspecified atom stereocenters. The third-order valence-corrected chi connectivity index (χ3v) is 4.04. The fraction of sp³-hybridized carbons (Fsp3) is 0. The topological polar surface area (TPSA) is 33.0 Å². The van der Waals surface area contributed by atoms with Crippen LogP contribution in [0.25, 0.3) is 0 Å². The molecule has 0 radical (unpaired) electrons. The lowest BCUT2D eigenvalue weighted by atomic mass is 10.2. The standard InChI is InChI=1S/C13H5BrCl3NO/c14-8-4-11(17)13(5-9(8)15)19-12-2-1-7(6-18)3-10(12)16/h1-5H. The van der Waals surface area contributed by atoms with Crippen LogP contribution in [0.4, 0.5) is 0 Å². The molecule has 0 atom stereocenters. The van der Waals surface area contributed by atoms with Crippen LogP contribution in [0, 0.1) is 11.3 Å². The van der Waals surface area contributed by atoms with E-state index in [0.717, 1.165) is 0 Å². The molecule has 0 saturated heterocycles. The summed E-state index contributed by atoms with van der Waals surface area (Å²) in [5, 5.41) is 9.96. The lowest BCUT2D eigenvalue weighted by molar-refractivity contribution is 0.483. The Morgan fingerprint density at radius 3 is 2.26 bits per heavy atom. The third kappa shape index (κ3) is 3.34. The van der Waals surface area contributed by atoms with Gasteiger partial charge < -0.3 is 4.74 Å². The maximum Gasteiger partial charge on any atom is 0.147 e. The van der Waals surface area contributed by atoms with E-state index >= 15 is 0 Å². The number of hydrogen-bond donors (Lipinski definition) is 0. The fourth-order valence-corrected chi connectivity index (χ4v) is 2.40. The fourth-order valence-electron chi connectivity index (χ4n) is 1.35. The molecule has 2 aromatic carbocycles. The summed E-state index contributed by atoms with van der Waals surface area (Å²) in [5.41, 5.74) is 0.456. The first kappa shape index (κ1) is 14.5. The maximum absolute atomic E-state index is 8.76. The van der Waals surface area contributed by atoms with E-state index in [2.05, 4.69) is 15.9 Å². The summed E-state index contributed by atoms with van der Waals surface area (Å²) in [6.45, 7) is 0. The number of rotatable bonds is 2. The van der Waals surface area contributed by atoms with Crippen LogP contribution < -0.4 is 4.74 Å². The zero-order valence-corrected chi connectivity index (χ0v) is 13.1. The number of halogens is 4. The van der Waals surface area contributed by atoms with E-state index in [1.54, 1.807) is 24.3 Å². The molecule has 96 valence electrons. The zero-order valence-electron chi connectivity index (χ0n) is 9.25. The summed E-state index contributed by atoms with van der Waals surface area (Å²) in [7, 11) is 0. The highest BCUT2D eigenvalue weighted by Crippen LogP contribution is 2.38. The van der Waals surface area contributed by atoms with E-state index < -0.39 is 0 Å². The number of benzene rings is 2. The van der Waals surface area contributed by atoms with E-state index in [9.17, 15) is 0 Å². The van der Waals surface area contributed by atoms with Gasteiger partial charge in [-0.05, 0) is 40.2 Å². The van der Waals surface area contributed by atoms with Crippen LogP contribution >= 0.6 is 50.7 Å². The quantitative estimate of drug-likeness (QED) is 0.595. The van der Waals surface area contributed by atoms with Gasteiger partial charge in [-0.15, -0.1) is 0 Å². The molecule has 2 nitrogen and oxygen atoms in total.